The van der Waals surface area contributed by atoms with E-state index in [2.05, 4.69) is 20.6 Å². The van der Waals surface area contributed by atoms with Crippen molar-refractivity contribution in [2.75, 3.05) is 23.0 Å². The van der Waals surface area contributed by atoms with E-state index in [1.807, 2.05) is 0 Å². The lowest BCUT2D eigenvalue weighted by atomic mass is 9.95. The smallest absolute Gasteiger partial charge is 0.306 e. The number of hydrogen-bond acceptors (Lipinski definition) is 8. The summed E-state index contributed by atoms with van der Waals surface area (Å²) in [6, 6.07) is 8.54. The minimum atomic E-state index is -3.46. The third kappa shape index (κ3) is 8.12. The van der Waals surface area contributed by atoms with Gasteiger partial charge in [0.2, 0.25) is 0 Å². The van der Waals surface area contributed by atoms with Gasteiger partial charge in [0.15, 0.2) is 9.84 Å². The van der Waals surface area contributed by atoms with Crippen molar-refractivity contribution in [2.24, 2.45) is 0 Å². The van der Waals surface area contributed by atoms with Crippen LogP contribution in [-0.2, 0) is 25.1 Å². The van der Waals surface area contributed by atoms with E-state index in [1.165, 1.54) is 25.6 Å². The first-order valence-corrected chi connectivity index (χ1v) is 13.0. The van der Waals surface area contributed by atoms with Gasteiger partial charge in [-0.2, -0.15) is 0 Å². The lowest BCUT2D eigenvalue weighted by Crippen LogP contribution is -2.23. The molecular formula is C23H30N4O5S. The largest absolute Gasteiger partial charge is 0.466 e. The molecule has 1 saturated carbocycles. The van der Waals surface area contributed by atoms with Crippen LogP contribution in [0, 0.1) is 0 Å². The van der Waals surface area contributed by atoms with E-state index in [-0.39, 0.29) is 36.1 Å². The lowest BCUT2D eigenvalue weighted by Gasteiger charge is -2.23. The Morgan fingerprint density at radius 3 is 2.52 bits per heavy atom. The van der Waals surface area contributed by atoms with Crippen LogP contribution in [0.15, 0.2) is 36.7 Å². The molecule has 10 heteroatoms. The van der Waals surface area contributed by atoms with Crippen LogP contribution >= 0.6 is 0 Å². The Morgan fingerprint density at radius 2 is 1.82 bits per heavy atom. The fraction of sp³-hybridized carbons (Fsp3) is 0.478. The van der Waals surface area contributed by atoms with E-state index >= 15 is 0 Å². The number of amides is 1. The van der Waals surface area contributed by atoms with E-state index in [0.29, 0.717) is 23.1 Å². The summed E-state index contributed by atoms with van der Waals surface area (Å²) in [6.07, 6.45) is 7.03. The molecule has 1 amide bonds. The van der Waals surface area contributed by atoms with Crippen molar-refractivity contribution in [3.63, 3.8) is 0 Å². The molecule has 0 aliphatic heterocycles. The zero-order valence-electron chi connectivity index (χ0n) is 18.7. The van der Waals surface area contributed by atoms with Crippen LogP contribution in [0.25, 0.3) is 0 Å². The summed E-state index contributed by atoms with van der Waals surface area (Å²) in [5, 5.41) is 6.14. The number of aromatic nitrogens is 2. The number of ether oxygens (including phenoxy) is 1. The summed E-state index contributed by atoms with van der Waals surface area (Å²) in [5.41, 5.74) is 1.33. The van der Waals surface area contributed by atoms with Gasteiger partial charge >= 0.3 is 5.97 Å². The van der Waals surface area contributed by atoms with Crippen molar-refractivity contribution in [2.45, 2.75) is 57.2 Å². The molecule has 0 bridgehead atoms. The third-order valence-corrected chi connectivity index (χ3v) is 6.98. The van der Waals surface area contributed by atoms with Gasteiger partial charge in [-0.05, 0) is 37.5 Å². The number of anilines is 2. The monoisotopic (exact) mass is 474 g/mol. The molecule has 1 aromatic carbocycles. The highest BCUT2D eigenvalue weighted by Crippen LogP contribution is 2.21. The number of carbonyl (C=O) groups is 2. The molecule has 2 aromatic rings. The molecule has 1 aliphatic carbocycles. The summed E-state index contributed by atoms with van der Waals surface area (Å²) in [4.78, 5) is 32.3. The maximum Gasteiger partial charge on any atom is 0.306 e. The normalized spacial score (nSPS) is 14.5. The van der Waals surface area contributed by atoms with Gasteiger partial charge < -0.3 is 15.4 Å². The fourth-order valence-corrected chi connectivity index (χ4v) is 5.02. The zero-order valence-corrected chi connectivity index (χ0v) is 19.6. The molecule has 1 aliphatic rings. The highest BCUT2D eigenvalue weighted by molar-refractivity contribution is 7.90. The molecule has 0 unspecified atom stereocenters. The molecule has 1 aromatic heterocycles. The topological polar surface area (TPSA) is 127 Å². The van der Waals surface area contributed by atoms with E-state index in [0.717, 1.165) is 12.8 Å². The molecule has 0 saturated heterocycles. The minimum absolute atomic E-state index is 0.166. The van der Waals surface area contributed by atoms with Crippen LogP contribution in [0.4, 0.5) is 11.5 Å². The Kier molecular flexibility index (Phi) is 8.76. The summed E-state index contributed by atoms with van der Waals surface area (Å²) >= 11 is 0. The van der Waals surface area contributed by atoms with Gasteiger partial charge in [0, 0.05) is 17.8 Å². The van der Waals surface area contributed by atoms with E-state index in [1.54, 1.807) is 37.3 Å². The standard InChI is InChI=1S/C23H30N4O5S/c1-2-32-22(28)12-13-33(30,31)15-17-8-10-19(11-9-17)27-23(29)20-14-21(25-16-24-20)26-18-6-4-3-5-7-18/h8-11,14,16,18H,2-7,12-13,15H2,1H3,(H,27,29)(H,24,25,26). The van der Waals surface area contributed by atoms with Crippen LogP contribution in [0.3, 0.4) is 0 Å². The number of rotatable bonds is 10. The van der Waals surface area contributed by atoms with Crippen molar-refractivity contribution < 1.29 is 22.7 Å². The Morgan fingerprint density at radius 1 is 1.09 bits per heavy atom. The van der Waals surface area contributed by atoms with Gasteiger partial charge in [-0.15, -0.1) is 0 Å². The molecule has 1 fully saturated rings. The summed E-state index contributed by atoms with van der Waals surface area (Å²) < 4.78 is 29.2. The molecule has 0 radical (unpaired) electrons. The van der Waals surface area contributed by atoms with Crippen molar-refractivity contribution in [3.8, 4) is 0 Å². The van der Waals surface area contributed by atoms with Crippen LogP contribution in [0.1, 0.15) is 61.5 Å². The van der Waals surface area contributed by atoms with E-state index in [9.17, 15) is 18.0 Å². The number of carbonyl (C=O) groups excluding carboxylic acids is 2. The van der Waals surface area contributed by atoms with Gasteiger partial charge in [-0.1, -0.05) is 31.4 Å². The summed E-state index contributed by atoms with van der Waals surface area (Å²) in [7, 11) is -3.46. The minimum Gasteiger partial charge on any atom is -0.466 e. The van der Waals surface area contributed by atoms with Crippen molar-refractivity contribution in [1.82, 2.24) is 9.97 Å². The molecule has 33 heavy (non-hydrogen) atoms. The van der Waals surface area contributed by atoms with E-state index in [4.69, 9.17) is 4.74 Å². The second-order valence-corrected chi connectivity index (χ2v) is 10.2. The van der Waals surface area contributed by atoms with Gasteiger partial charge in [0.25, 0.3) is 5.91 Å². The Hall–Kier alpha value is -3.01. The maximum atomic E-state index is 12.6. The quantitative estimate of drug-likeness (QED) is 0.502. The van der Waals surface area contributed by atoms with Crippen molar-refractivity contribution >= 4 is 33.2 Å². The molecule has 0 atom stereocenters. The van der Waals surface area contributed by atoms with Crippen molar-refractivity contribution in [3.05, 3.63) is 47.9 Å². The molecule has 9 nitrogen and oxygen atoms in total. The first kappa shape index (κ1) is 24.6. The average Bonchev–Trinajstić information content (AvgIpc) is 2.80. The van der Waals surface area contributed by atoms with Crippen molar-refractivity contribution in [1.29, 1.82) is 0 Å². The third-order valence-electron chi connectivity index (χ3n) is 5.38. The Bertz CT molecular complexity index is 1050. The lowest BCUT2D eigenvalue weighted by molar-refractivity contribution is -0.142. The Labute approximate surface area is 194 Å². The number of esters is 1. The van der Waals surface area contributed by atoms with Gasteiger partial charge in [-0.3, -0.25) is 9.59 Å². The van der Waals surface area contributed by atoms with Gasteiger partial charge in [0.05, 0.1) is 24.5 Å². The summed E-state index contributed by atoms with van der Waals surface area (Å²) in [5.74, 6) is -0.733. The Balaban J connectivity index is 1.54. The number of hydrogen-bond donors (Lipinski definition) is 2. The molecule has 1 heterocycles. The van der Waals surface area contributed by atoms with E-state index < -0.39 is 15.8 Å². The summed E-state index contributed by atoms with van der Waals surface area (Å²) in [6.45, 7) is 1.89. The van der Waals surface area contributed by atoms with Crippen LogP contribution in [0.5, 0.6) is 0 Å². The SMILES string of the molecule is CCOC(=O)CCS(=O)(=O)Cc1ccc(NC(=O)c2cc(NC3CCCCC3)ncn2)cc1. The highest BCUT2D eigenvalue weighted by atomic mass is 32.2. The second kappa shape index (κ2) is 11.7. The van der Waals surface area contributed by atoms with Crippen LogP contribution < -0.4 is 10.6 Å². The molecule has 2 N–H and O–H groups in total. The first-order valence-electron chi connectivity index (χ1n) is 11.2. The molecule has 3 rings (SSSR count). The predicted octanol–water partition coefficient (Wildman–Crippen LogP) is 3.34. The predicted molar refractivity (Wildman–Crippen MR) is 126 cm³/mol. The fourth-order valence-electron chi connectivity index (χ4n) is 3.69. The van der Waals surface area contributed by atoms with Gasteiger partial charge in [-0.25, -0.2) is 18.4 Å². The first-order chi connectivity index (χ1) is 15.8. The number of sulfone groups is 1. The number of nitrogens with one attached hydrogen (secondary N) is 2. The van der Waals surface area contributed by atoms with Gasteiger partial charge in [0.1, 0.15) is 17.8 Å². The maximum absolute atomic E-state index is 12.6. The highest BCUT2D eigenvalue weighted by Gasteiger charge is 2.17. The molecular weight excluding hydrogens is 444 g/mol. The van der Waals surface area contributed by atoms with Crippen LogP contribution in [0.2, 0.25) is 0 Å². The number of nitrogens with zero attached hydrogens (tertiary/aromatic N) is 2. The number of benzene rings is 1. The van der Waals surface area contributed by atoms with Crippen LogP contribution in [-0.4, -0.2) is 48.7 Å². The second-order valence-electron chi connectivity index (χ2n) is 8.07. The molecule has 0 spiro atoms. The zero-order chi connectivity index (χ0) is 23.7. The molecule has 178 valence electrons. The average molecular weight is 475 g/mol.